The molecule has 1 saturated heterocycles. The second-order valence-electron chi connectivity index (χ2n) is 4.08. The van der Waals surface area contributed by atoms with Crippen LogP contribution < -0.4 is 5.59 Å². The third-order valence-electron chi connectivity index (χ3n) is 2.81. The first kappa shape index (κ1) is 13.4. The van der Waals surface area contributed by atoms with Crippen LogP contribution in [0.2, 0.25) is 0 Å². The Morgan fingerprint density at radius 2 is 2.11 bits per heavy atom. The summed E-state index contributed by atoms with van der Waals surface area (Å²) in [5.74, 6) is 0. The molecule has 2 N–H and O–H groups in total. The van der Waals surface area contributed by atoms with E-state index in [9.17, 15) is 13.2 Å². The average Bonchev–Trinajstić information content (AvgIpc) is 2.74. The monoisotopic (exact) mass is 264 g/mol. The van der Waals surface area contributed by atoms with Crippen molar-refractivity contribution < 1.29 is 28.0 Å². The number of nitrogens with zero attached hydrogens (tertiary/aromatic N) is 2. The van der Waals surface area contributed by atoms with Crippen molar-refractivity contribution in [1.82, 2.24) is 9.78 Å². The van der Waals surface area contributed by atoms with Crippen molar-refractivity contribution in [2.75, 3.05) is 6.61 Å². The lowest BCUT2D eigenvalue weighted by molar-refractivity contribution is -0.137. The number of hydrogen-bond acceptors (Lipinski definition) is 4. The molecule has 0 amide bonds. The first-order chi connectivity index (χ1) is 8.41. The number of ether oxygens (including phenoxy) is 1. The van der Waals surface area contributed by atoms with Crippen molar-refractivity contribution in [3.63, 3.8) is 0 Å². The highest BCUT2D eigenvalue weighted by Gasteiger charge is 2.41. The second kappa shape index (κ2) is 4.91. The van der Waals surface area contributed by atoms with Crippen molar-refractivity contribution in [1.29, 1.82) is 0 Å². The number of alkyl halides is 3. The van der Waals surface area contributed by atoms with Crippen LogP contribution in [0.1, 0.15) is 31.1 Å². The highest BCUT2D eigenvalue weighted by molar-refractivity contribution is 6.58. The van der Waals surface area contributed by atoms with Crippen LogP contribution in [0.15, 0.2) is 6.20 Å². The van der Waals surface area contributed by atoms with Gasteiger partial charge in [0.2, 0.25) is 0 Å². The summed E-state index contributed by atoms with van der Waals surface area (Å²) in [7, 11) is -2.24. The lowest BCUT2D eigenvalue weighted by atomic mass is 9.82. The molecule has 0 aliphatic carbocycles. The summed E-state index contributed by atoms with van der Waals surface area (Å²) < 4.78 is 44.2. The molecule has 2 heterocycles. The van der Waals surface area contributed by atoms with E-state index >= 15 is 0 Å². The molecule has 100 valence electrons. The van der Waals surface area contributed by atoms with Gasteiger partial charge in [0.1, 0.15) is 6.23 Å². The lowest BCUT2D eigenvalue weighted by Crippen LogP contribution is -2.43. The van der Waals surface area contributed by atoms with E-state index in [2.05, 4.69) is 5.10 Å². The van der Waals surface area contributed by atoms with Crippen molar-refractivity contribution >= 4 is 12.7 Å². The zero-order valence-electron chi connectivity index (χ0n) is 9.39. The van der Waals surface area contributed by atoms with Gasteiger partial charge in [0, 0.05) is 6.61 Å². The Morgan fingerprint density at radius 3 is 2.61 bits per heavy atom. The molecule has 1 aliphatic rings. The molecule has 2 rings (SSSR count). The van der Waals surface area contributed by atoms with Crippen molar-refractivity contribution in [2.45, 2.75) is 31.7 Å². The summed E-state index contributed by atoms with van der Waals surface area (Å²) in [4.78, 5) is 0. The predicted molar refractivity (Wildman–Crippen MR) is 55.9 cm³/mol. The van der Waals surface area contributed by atoms with E-state index in [-0.39, 0.29) is 0 Å². The Kier molecular flexibility index (Phi) is 3.65. The number of halogens is 3. The number of rotatable bonds is 2. The molecule has 1 aliphatic heterocycles. The molecule has 1 fully saturated rings. The molecule has 0 bridgehead atoms. The van der Waals surface area contributed by atoms with Gasteiger partial charge < -0.3 is 14.8 Å². The Labute approximate surface area is 101 Å². The summed E-state index contributed by atoms with van der Waals surface area (Å²) in [6.45, 7) is 0.423. The molecule has 0 spiro atoms. The van der Waals surface area contributed by atoms with Gasteiger partial charge in [-0.1, -0.05) is 0 Å². The van der Waals surface area contributed by atoms with Crippen LogP contribution in [-0.4, -0.2) is 33.6 Å². The molecule has 5 nitrogen and oxygen atoms in total. The van der Waals surface area contributed by atoms with Gasteiger partial charge in [-0.15, -0.1) is 0 Å². The zero-order chi connectivity index (χ0) is 13.3. The Morgan fingerprint density at radius 1 is 1.39 bits per heavy atom. The summed E-state index contributed by atoms with van der Waals surface area (Å²) in [6.07, 6.45) is -2.63. The van der Waals surface area contributed by atoms with Gasteiger partial charge in [-0.2, -0.15) is 18.3 Å². The molecule has 1 atom stereocenters. The smallest absolute Gasteiger partial charge is 0.422 e. The SMILES string of the molecule is OB(O)c1c(C(F)(F)F)cnn1C1CCCCO1. The van der Waals surface area contributed by atoms with Crippen LogP contribution in [0.4, 0.5) is 13.2 Å². The van der Waals surface area contributed by atoms with Crippen molar-refractivity contribution in [3.05, 3.63) is 11.8 Å². The summed E-state index contributed by atoms with van der Waals surface area (Å²) in [6, 6.07) is 0. The first-order valence-electron chi connectivity index (χ1n) is 5.53. The summed E-state index contributed by atoms with van der Waals surface area (Å²) in [5.41, 5.74) is -1.82. The summed E-state index contributed by atoms with van der Waals surface area (Å²) >= 11 is 0. The standard InChI is InChI=1S/C9H12BF3N2O3/c11-9(12,13)6-5-14-15(8(6)10(16)17)7-3-1-2-4-18-7/h5,7,16-17H,1-4H2. The maximum Gasteiger partial charge on any atom is 0.508 e. The molecular weight excluding hydrogens is 252 g/mol. The fraction of sp³-hybridized carbons (Fsp3) is 0.667. The van der Waals surface area contributed by atoms with E-state index in [1.165, 1.54) is 0 Å². The topological polar surface area (TPSA) is 67.5 Å². The molecule has 1 aromatic rings. The van der Waals surface area contributed by atoms with Crippen LogP contribution in [0, 0.1) is 0 Å². The van der Waals surface area contributed by atoms with Crippen LogP contribution >= 0.6 is 0 Å². The first-order valence-corrected chi connectivity index (χ1v) is 5.53. The van der Waals surface area contributed by atoms with Gasteiger partial charge in [0.15, 0.2) is 0 Å². The Balaban J connectivity index is 2.38. The predicted octanol–water partition coefficient (Wildman–Crippen LogP) is 0.281. The normalized spacial score (nSPS) is 21.1. The quantitative estimate of drug-likeness (QED) is 0.753. The fourth-order valence-electron chi connectivity index (χ4n) is 1.99. The van der Waals surface area contributed by atoms with E-state index in [0.717, 1.165) is 17.5 Å². The second-order valence-corrected chi connectivity index (χ2v) is 4.08. The fourth-order valence-corrected chi connectivity index (χ4v) is 1.99. The molecule has 1 aromatic heterocycles. The van der Waals surface area contributed by atoms with Gasteiger partial charge in [-0.05, 0) is 19.3 Å². The number of hydrogen-bond donors (Lipinski definition) is 2. The molecule has 0 saturated carbocycles. The van der Waals surface area contributed by atoms with Gasteiger partial charge in [0.25, 0.3) is 0 Å². The third-order valence-corrected chi connectivity index (χ3v) is 2.81. The molecule has 1 unspecified atom stereocenters. The van der Waals surface area contributed by atoms with Crippen LogP contribution in [0.3, 0.4) is 0 Å². The summed E-state index contributed by atoms with van der Waals surface area (Å²) in [5, 5.41) is 21.8. The Hall–Kier alpha value is -1.06. The molecule has 0 radical (unpaired) electrons. The van der Waals surface area contributed by atoms with Crippen molar-refractivity contribution in [2.24, 2.45) is 0 Å². The number of aromatic nitrogens is 2. The Bertz CT molecular complexity index is 416. The van der Waals surface area contributed by atoms with Gasteiger partial charge in [-0.25, -0.2) is 4.68 Å². The van der Waals surface area contributed by atoms with E-state index in [1.807, 2.05) is 0 Å². The zero-order valence-corrected chi connectivity index (χ0v) is 9.39. The minimum absolute atomic E-state index is 0.423. The maximum atomic E-state index is 12.7. The molecule has 18 heavy (non-hydrogen) atoms. The van der Waals surface area contributed by atoms with Crippen LogP contribution in [-0.2, 0) is 10.9 Å². The highest BCUT2D eigenvalue weighted by atomic mass is 19.4. The highest BCUT2D eigenvalue weighted by Crippen LogP contribution is 2.29. The minimum atomic E-state index is -4.67. The molecule has 9 heteroatoms. The largest absolute Gasteiger partial charge is 0.508 e. The third kappa shape index (κ3) is 2.52. The average molecular weight is 264 g/mol. The van der Waals surface area contributed by atoms with Crippen LogP contribution in [0.5, 0.6) is 0 Å². The maximum absolute atomic E-state index is 12.7. The minimum Gasteiger partial charge on any atom is -0.422 e. The van der Waals surface area contributed by atoms with E-state index in [4.69, 9.17) is 14.8 Å². The van der Waals surface area contributed by atoms with Crippen molar-refractivity contribution in [3.8, 4) is 0 Å². The van der Waals surface area contributed by atoms with Gasteiger partial charge in [-0.3, -0.25) is 0 Å². The van der Waals surface area contributed by atoms with E-state index < -0.39 is 30.7 Å². The van der Waals surface area contributed by atoms with E-state index in [0.29, 0.717) is 19.2 Å². The molecule has 0 aromatic carbocycles. The van der Waals surface area contributed by atoms with Crippen LogP contribution in [0.25, 0.3) is 0 Å². The molecular formula is C9H12BF3N2O3. The lowest BCUT2D eigenvalue weighted by Gasteiger charge is -2.24. The van der Waals surface area contributed by atoms with Gasteiger partial charge in [0.05, 0.1) is 17.4 Å². The van der Waals surface area contributed by atoms with E-state index in [1.54, 1.807) is 0 Å². The van der Waals surface area contributed by atoms with Gasteiger partial charge >= 0.3 is 13.3 Å².